The Bertz CT molecular complexity index is 1600. The molecule has 0 amide bonds. The molecule has 4 heteroatoms. The summed E-state index contributed by atoms with van der Waals surface area (Å²) in [5.41, 5.74) is 7.20. The molecule has 0 fully saturated rings. The van der Waals surface area contributed by atoms with Crippen LogP contribution in [0.15, 0.2) is 127 Å². The van der Waals surface area contributed by atoms with Crippen molar-refractivity contribution in [3.05, 3.63) is 133 Å². The first kappa shape index (κ1) is 22.9. The number of aryl methyl sites for hydroxylation is 1. The molecule has 5 aromatic rings. The number of imidazole rings is 1. The maximum atomic E-state index is 2.38. The fraction of sp³-hybridized carbons (Fsp3) is 0.121. The van der Waals surface area contributed by atoms with Crippen molar-refractivity contribution in [2.24, 2.45) is 0 Å². The fourth-order valence-corrected chi connectivity index (χ4v) is 5.41. The standard InChI is InChI=1S/C33H31N4/c1-3-34-28-20-11-13-22-30(28)36(26-16-7-5-8-17-26)32(34)24-15-25-33-35(4-2)29-21-12-14-23-31(29)37(33)27-18-9-6-10-19-27/h5-25H,3-4H2,1-2H3/q+1. The molecule has 1 aliphatic rings. The van der Waals surface area contributed by atoms with Gasteiger partial charge in [-0.05, 0) is 68.5 Å². The van der Waals surface area contributed by atoms with Crippen LogP contribution >= 0.6 is 0 Å². The molecule has 0 radical (unpaired) electrons. The highest BCUT2D eigenvalue weighted by Gasteiger charge is 2.31. The second-order valence-corrected chi connectivity index (χ2v) is 9.05. The minimum Gasteiger partial charge on any atom is -0.326 e. The van der Waals surface area contributed by atoms with Crippen LogP contribution in [0.1, 0.15) is 19.7 Å². The Labute approximate surface area is 218 Å². The number of nitrogens with zero attached hydrogens (tertiary/aromatic N) is 4. The lowest BCUT2D eigenvalue weighted by Crippen LogP contribution is -2.35. The normalized spacial score (nSPS) is 14.3. The number of hydrogen-bond acceptors (Lipinski definition) is 2. The summed E-state index contributed by atoms with van der Waals surface area (Å²) in [5, 5.41) is 0. The van der Waals surface area contributed by atoms with Gasteiger partial charge in [-0.2, -0.15) is 4.57 Å². The van der Waals surface area contributed by atoms with E-state index in [9.17, 15) is 0 Å². The van der Waals surface area contributed by atoms with Crippen LogP contribution in [0, 0.1) is 0 Å². The molecule has 2 heterocycles. The molecule has 1 aliphatic heterocycles. The quantitative estimate of drug-likeness (QED) is 0.233. The molecular formula is C33H31N4+. The molecule has 37 heavy (non-hydrogen) atoms. The molecule has 0 N–H and O–H groups in total. The topological polar surface area (TPSA) is 15.3 Å². The van der Waals surface area contributed by atoms with Gasteiger partial charge in [-0.25, -0.2) is 4.57 Å². The van der Waals surface area contributed by atoms with Gasteiger partial charge in [0.15, 0.2) is 11.0 Å². The summed E-state index contributed by atoms with van der Waals surface area (Å²) >= 11 is 0. The Morgan fingerprint density at radius 1 is 0.676 bits per heavy atom. The van der Waals surface area contributed by atoms with Gasteiger partial charge in [0.2, 0.25) is 0 Å². The van der Waals surface area contributed by atoms with Crippen LogP contribution in [0.3, 0.4) is 0 Å². The van der Waals surface area contributed by atoms with E-state index in [4.69, 9.17) is 0 Å². The molecule has 1 aromatic heterocycles. The number of benzene rings is 4. The average Bonchev–Trinajstić information content (AvgIpc) is 3.45. The SMILES string of the molecule is CCN1C(=CC=Cc2n(-c3ccccc3)c3ccccc3[n+]2CC)N(c2ccccc2)c2ccccc21. The molecule has 182 valence electrons. The van der Waals surface area contributed by atoms with E-state index in [-0.39, 0.29) is 0 Å². The zero-order chi connectivity index (χ0) is 25.2. The van der Waals surface area contributed by atoms with Crippen molar-refractivity contribution in [2.45, 2.75) is 20.4 Å². The summed E-state index contributed by atoms with van der Waals surface area (Å²) in [6.45, 7) is 6.20. The maximum Gasteiger partial charge on any atom is 0.287 e. The van der Waals surface area contributed by atoms with Crippen LogP contribution in [0.2, 0.25) is 0 Å². The molecule has 6 rings (SSSR count). The third kappa shape index (κ3) is 3.91. The molecule has 0 unspecified atom stereocenters. The Morgan fingerprint density at radius 3 is 2.00 bits per heavy atom. The summed E-state index contributed by atoms with van der Waals surface area (Å²) in [6.07, 6.45) is 6.67. The van der Waals surface area contributed by atoms with Gasteiger partial charge in [0.1, 0.15) is 11.5 Å². The summed E-state index contributed by atoms with van der Waals surface area (Å²) in [6, 6.07) is 38.5. The smallest absolute Gasteiger partial charge is 0.287 e. The third-order valence-corrected chi connectivity index (χ3v) is 6.99. The van der Waals surface area contributed by atoms with Crippen molar-refractivity contribution in [1.82, 2.24) is 4.57 Å². The zero-order valence-electron chi connectivity index (χ0n) is 21.3. The van der Waals surface area contributed by atoms with E-state index in [0.29, 0.717) is 0 Å². The van der Waals surface area contributed by atoms with Crippen molar-refractivity contribution in [1.29, 1.82) is 0 Å². The third-order valence-electron chi connectivity index (χ3n) is 6.99. The van der Waals surface area contributed by atoms with Crippen molar-refractivity contribution in [2.75, 3.05) is 16.3 Å². The Morgan fingerprint density at radius 2 is 1.30 bits per heavy atom. The largest absolute Gasteiger partial charge is 0.326 e. The molecule has 4 aromatic carbocycles. The lowest BCUT2D eigenvalue weighted by molar-refractivity contribution is -0.670. The van der Waals surface area contributed by atoms with E-state index < -0.39 is 0 Å². The Kier molecular flexibility index (Phi) is 6.07. The second kappa shape index (κ2) is 9.82. The van der Waals surface area contributed by atoms with Crippen molar-refractivity contribution >= 4 is 34.2 Å². The predicted octanol–water partition coefficient (Wildman–Crippen LogP) is 7.47. The fourth-order valence-electron chi connectivity index (χ4n) is 5.41. The minimum atomic E-state index is 0.888. The van der Waals surface area contributed by atoms with Gasteiger partial charge < -0.3 is 4.90 Å². The molecule has 0 saturated heterocycles. The maximum absolute atomic E-state index is 2.38. The van der Waals surface area contributed by atoms with Crippen LogP contribution in [0.5, 0.6) is 0 Å². The molecular weight excluding hydrogens is 452 g/mol. The van der Waals surface area contributed by atoms with Gasteiger partial charge in [-0.1, -0.05) is 66.7 Å². The van der Waals surface area contributed by atoms with Gasteiger partial charge in [-0.3, -0.25) is 4.90 Å². The summed E-state index contributed by atoms with van der Waals surface area (Å²) in [4.78, 5) is 4.73. The number of allylic oxidation sites excluding steroid dienone is 2. The van der Waals surface area contributed by atoms with E-state index in [0.717, 1.165) is 36.1 Å². The van der Waals surface area contributed by atoms with Crippen LogP contribution in [0.4, 0.5) is 17.1 Å². The summed E-state index contributed by atoms with van der Waals surface area (Å²) in [5.74, 6) is 2.30. The molecule has 0 bridgehead atoms. The van der Waals surface area contributed by atoms with Gasteiger partial charge in [-0.15, -0.1) is 0 Å². The summed E-state index contributed by atoms with van der Waals surface area (Å²) in [7, 11) is 0. The van der Waals surface area contributed by atoms with Crippen LogP contribution in [-0.4, -0.2) is 11.1 Å². The first-order chi connectivity index (χ1) is 18.3. The highest BCUT2D eigenvalue weighted by atomic mass is 15.4. The molecule has 0 atom stereocenters. The lowest BCUT2D eigenvalue weighted by Gasteiger charge is -2.24. The number of rotatable bonds is 6. The van der Waals surface area contributed by atoms with Crippen molar-refractivity contribution < 1.29 is 4.57 Å². The van der Waals surface area contributed by atoms with Crippen LogP contribution in [-0.2, 0) is 6.54 Å². The number of fused-ring (bicyclic) bond motifs is 2. The minimum absolute atomic E-state index is 0.888. The van der Waals surface area contributed by atoms with Gasteiger partial charge in [0.25, 0.3) is 5.82 Å². The van der Waals surface area contributed by atoms with E-state index in [2.05, 4.69) is 160 Å². The monoisotopic (exact) mass is 483 g/mol. The molecule has 0 aliphatic carbocycles. The van der Waals surface area contributed by atoms with Gasteiger partial charge in [0.05, 0.1) is 17.9 Å². The number of aromatic nitrogens is 2. The number of anilines is 3. The molecule has 0 spiro atoms. The highest BCUT2D eigenvalue weighted by molar-refractivity contribution is 5.88. The summed E-state index contributed by atoms with van der Waals surface area (Å²) < 4.78 is 4.73. The van der Waals surface area contributed by atoms with Gasteiger partial charge >= 0.3 is 0 Å². The zero-order valence-corrected chi connectivity index (χ0v) is 21.3. The van der Waals surface area contributed by atoms with E-state index in [1.165, 1.54) is 22.4 Å². The molecule has 0 saturated carbocycles. The second-order valence-electron chi connectivity index (χ2n) is 9.05. The van der Waals surface area contributed by atoms with E-state index >= 15 is 0 Å². The highest BCUT2D eigenvalue weighted by Crippen LogP contribution is 2.45. The predicted molar refractivity (Wildman–Crippen MR) is 154 cm³/mol. The first-order valence-corrected chi connectivity index (χ1v) is 13.0. The van der Waals surface area contributed by atoms with Crippen molar-refractivity contribution in [3.63, 3.8) is 0 Å². The number of para-hydroxylation sites is 6. The lowest BCUT2D eigenvalue weighted by atomic mass is 10.2. The van der Waals surface area contributed by atoms with E-state index in [1.54, 1.807) is 0 Å². The van der Waals surface area contributed by atoms with Crippen LogP contribution < -0.4 is 14.4 Å². The Balaban J connectivity index is 1.50. The Hall–Kier alpha value is -4.57. The van der Waals surface area contributed by atoms with E-state index in [1.807, 2.05) is 0 Å². The molecule has 4 nitrogen and oxygen atoms in total. The van der Waals surface area contributed by atoms with Gasteiger partial charge in [0, 0.05) is 18.3 Å². The van der Waals surface area contributed by atoms with Crippen molar-refractivity contribution in [3.8, 4) is 5.69 Å². The number of hydrogen-bond donors (Lipinski definition) is 0. The first-order valence-electron chi connectivity index (χ1n) is 13.0. The van der Waals surface area contributed by atoms with Crippen LogP contribution in [0.25, 0.3) is 22.8 Å². The average molecular weight is 484 g/mol.